The molecular weight excluding hydrogens is 191 g/mol. The average Bonchev–Trinajstić information content (AvgIpc) is 3.01. The molecule has 0 saturated heterocycles. The molecule has 1 aliphatic rings. The fourth-order valence-corrected chi connectivity index (χ4v) is 1.96. The zero-order valence-corrected chi connectivity index (χ0v) is 9.09. The van der Waals surface area contributed by atoms with Gasteiger partial charge in [0.15, 0.2) is 5.78 Å². The number of hydrogen-bond donors (Lipinski definition) is 0. The van der Waals surface area contributed by atoms with Crippen molar-refractivity contribution in [3.8, 4) is 0 Å². The van der Waals surface area contributed by atoms with Gasteiger partial charge < -0.3 is 0 Å². The molecule has 0 bridgehead atoms. The minimum Gasteiger partial charge on any atom is -0.294 e. The number of Topliss-reactive ketones (excluding diaryl/α,β-unsaturated/α-hetero) is 1. The lowest BCUT2D eigenvalue weighted by atomic mass is 9.80. The first-order chi connectivity index (χ1) is 7.01. The van der Waals surface area contributed by atoms with Crippen molar-refractivity contribution < 1.29 is 9.18 Å². The number of halogens is 1. The SMILES string of the molecule is CC(C)(C(=O)c1ccc(F)cc1)C1CC1. The van der Waals surface area contributed by atoms with Crippen molar-refractivity contribution in [1.29, 1.82) is 0 Å². The Balaban J connectivity index is 2.23. The van der Waals surface area contributed by atoms with Crippen molar-refractivity contribution in [2.75, 3.05) is 0 Å². The number of rotatable bonds is 3. The van der Waals surface area contributed by atoms with Crippen LogP contribution in [-0.4, -0.2) is 5.78 Å². The van der Waals surface area contributed by atoms with Gasteiger partial charge in [0.1, 0.15) is 5.82 Å². The third-order valence-electron chi connectivity index (χ3n) is 3.29. The summed E-state index contributed by atoms with van der Waals surface area (Å²) in [5.41, 5.74) is 0.325. The highest BCUT2D eigenvalue weighted by atomic mass is 19.1. The summed E-state index contributed by atoms with van der Waals surface area (Å²) >= 11 is 0. The van der Waals surface area contributed by atoms with Crippen LogP contribution in [0.5, 0.6) is 0 Å². The van der Waals surface area contributed by atoms with Crippen molar-refractivity contribution in [3.63, 3.8) is 0 Å². The summed E-state index contributed by atoms with van der Waals surface area (Å²) in [6, 6.07) is 5.83. The van der Waals surface area contributed by atoms with Crippen LogP contribution in [0.4, 0.5) is 4.39 Å². The van der Waals surface area contributed by atoms with Gasteiger partial charge >= 0.3 is 0 Å². The molecule has 0 unspecified atom stereocenters. The van der Waals surface area contributed by atoms with E-state index in [4.69, 9.17) is 0 Å². The zero-order valence-electron chi connectivity index (χ0n) is 9.09. The van der Waals surface area contributed by atoms with Crippen LogP contribution in [0.25, 0.3) is 0 Å². The van der Waals surface area contributed by atoms with Crippen LogP contribution in [-0.2, 0) is 0 Å². The molecule has 1 aromatic rings. The first-order valence-electron chi connectivity index (χ1n) is 5.32. The smallest absolute Gasteiger partial charge is 0.168 e. The Labute approximate surface area is 89.3 Å². The fourth-order valence-electron chi connectivity index (χ4n) is 1.96. The minimum atomic E-state index is -0.296. The second kappa shape index (κ2) is 3.44. The number of carbonyl (C=O) groups excluding carboxylic acids is 1. The summed E-state index contributed by atoms with van der Waals surface area (Å²) in [4.78, 5) is 12.1. The molecule has 80 valence electrons. The molecule has 2 heteroatoms. The quantitative estimate of drug-likeness (QED) is 0.692. The average molecular weight is 206 g/mol. The van der Waals surface area contributed by atoms with Crippen molar-refractivity contribution in [1.82, 2.24) is 0 Å². The van der Waals surface area contributed by atoms with Crippen LogP contribution in [0.15, 0.2) is 24.3 Å². The molecular formula is C13H15FO. The van der Waals surface area contributed by atoms with Crippen LogP contribution >= 0.6 is 0 Å². The molecule has 0 amide bonds. The van der Waals surface area contributed by atoms with Gasteiger partial charge in [0, 0.05) is 11.0 Å². The van der Waals surface area contributed by atoms with E-state index < -0.39 is 0 Å². The van der Waals surface area contributed by atoms with E-state index in [2.05, 4.69) is 0 Å². The summed E-state index contributed by atoms with van der Waals surface area (Å²) in [6.07, 6.45) is 2.28. The Kier molecular flexibility index (Phi) is 2.37. The van der Waals surface area contributed by atoms with Gasteiger partial charge in [-0.15, -0.1) is 0 Å². The maximum Gasteiger partial charge on any atom is 0.168 e. The van der Waals surface area contributed by atoms with E-state index in [1.165, 1.54) is 12.1 Å². The molecule has 0 aromatic heterocycles. The van der Waals surface area contributed by atoms with E-state index in [1.807, 2.05) is 13.8 Å². The summed E-state index contributed by atoms with van der Waals surface area (Å²) < 4.78 is 12.7. The van der Waals surface area contributed by atoms with Crippen LogP contribution in [0.3, 0.4) is 0 Å². The summed E-state index contributed by atoms with van der Waals surface area (Å²) in [6.45, 7) is 3.96. The number of ketones is 1. The van der Waals surface area contributed by atoms with Gasteiger partial charge in [0.25, 0.3) is 0 Å². The topological polar surface area (TPSA) is 17.1 Å². The molecule has 2 rings (SSSR count). The molecule has 1 aromatic carbocycles. The highest BCUT2D eigenvalue weighted by molar-refractivity contribution is 6.00. The molecule has 1 aliphatic carbocycles. The van der Waals surface area contributed by atoms with Crippen LogP contribution < -0.4 is 0 Å². The maximum absolute atomic E-state index is 12.7. The van der Waals surface area contributed by atoms with E-state index in [1.54, 1.807) is 12.1 Å². The monoisotopic (exact) mass is 206 g/mol. The van der Waals surface area contributed by atoms with Crippen LogP contribution in [0.2, 0.25) is 0 Å². The second-order valence-electron chi connectivity index (χ2n) is 4.83. The fraction of sp³-hybridized carbons (Fsp3) is 0.462. The Hall–Kier alpha value is -1.18. The van der Waals surface area contributed by atoms with Gasteiger partial charge in [0.05, 0.1) is 0 Å². The van der Waals surface area contributed by atoms with Crippen molar-refractivity contribution in [2.24, 2.45) is 11.3 Å². The Morgan fingerprint density at radius 3 is 2.27 bits per heavy atom. The van der Waals surface area contributed by atoms with Crippen molar-refractivity contribution >= 4 is 5.78 Å². The van der Waals surface area contributed by atoms with Gasteiger partial charge in [-0.05, 0) is 43.0 Å². The zero-order chi connectivity index (χ0) is 11.1. The molecule has 0 N–H and O–H groups in total. The molecule has 0 atom stereocenters. The maximum atomic E-state index is 12.7. The Bertz CT molecular complexity index is 374. The van der Waals surface area contributed by atoms with E-state index in [-0.39, 0.29) is 17.0 Å². The lowest BCUT2D eigenvalue weighted by Crippen LogP contribution is -2.26. The van der Waals surface area contributed by atoms with Crippen LogP contribution in [0, 0.1) is 17.2 Å². The Morgan fingerprint density at radius 1 is 1.27 bits per heavy atom. The number of carbonyl (C=O) groups is 1. The molecule has 15 heavy (non-hydrogen) atoms. The normalized spacial score (nSPS) is 16.5. The predicted octanol–water partition coefficient (Wildman–Crippen LogP) is 3.44. The lowest BCUT2D eigenvalue weighted by Gasteiger charge is -2.22. The van der Waals surface area contributed by atoms with Crippen molar-refractivity contribution in [2.45, 2.75) is 26.7 Å². The van der Waals surface area contributed by atoms with Gasteiger partial charge in [-0.2, -0.15) is 0 Å². The molecule has 0 heterocycles. The lowest BCUT2D eigenvalue weighted by molar-refractivity contribution is 0.0809. The van der Waals surface area contributed by atoms with E-state index >= 15 is 0 Å². The molecule has 0 aliphatic heterocycles. The molecule has 0 radical (unpaired) electrons. The van der Waals surface area contributed by atoms with Gasteiger partial charge in [0.2, 0.25) is 0 Å². The summed E-state index contributed by atoms with van der Waals surface area (Å²) in [7, 11) is 0. The van der Waals surface area contributed by atoms with E-state index in [0.29, 0.717) is 11.5 Å². The minimum absolute atomic E-state index is 0.130. The van der Waals surface area contributed by atoms with Crippen molar-refractivity contribution in [3.05, 3.63) is 35.6 Å². The Morgan fingerprint density at radius 2 is 1.80 bits per heavy atom. The summed E-state index contributed by atoms with van der Waals surface area (Å²) in [5, 5.41) is 0. The summed E-state index contributed by atoms with van der Waals surface area (Å²) in [5.74, 6) is 0.343. The first-order valence-corrected chi connectivity index (χ1v) is 5.32. The van der Waals surface area contributed by atoms with Crippen LogP contribution in [0.1, 0.15) is 37.0 Å². The van der Waals surface area contributed by atoms with E-state index in [0.717, 1.165) is 12.8 Å². The molecule has 1 fully saturated rings. The molecule has 0 spiro atoms. The second-order valence-corrected chi connectivity index (χ2v) is 4.83. The molecule has 1 saturated carbocycles. The number of hydrogen-bond acceptors (Lipinski definition) is 1. The van der Waals surface area contributed by atoms with E-state index in [9.17, 15) is 9.18 Å². The molecule has 1 nitrogen and oxygen atoms in total. The highest BCUT2D eigenvalue weighted by Crippen LogP contribution is 2.46. The van der Waals surface area contributed by atoms with Gasteiger partial charge in [-0.1, -0.05) is 13.8 Å². The number of benzene rings is 1. The highest BCUT2D eigenvalue weighted by Gasteiger charge is 2.43. The van der Waals surface area contributed by atoms with Gasteiger partial charge in [-0.3, -0.25) is 4.79 Å². The predicted molar refractivity (Wildman–Crippen MR) is 57.2 cm³/mol. The third kappa shape index (κ3) is 1.94. The largest absolute Gasteiger partial charge is 0.294 e. The first kappa shape index (κ1) is 10.3. The van der Waals surface area contributed by atoms with Gasteiger partial charge in [-0.25, -0.2) is 4.39 Å². The third-order valence-corrected chi connectivity index (χ3v) is 3.29. The standard InChI is InChI=1S/C13H15FO/c1-13(2,10-5-6-10)12(15)9-3-7-11(14)8-4-9/h3-4,7-8,10H,5-6H2,1-2H3.